The Kier molecular flexibility index (Phi) is 5.77. The van der Waals surface area contributed by atoms with Gasteiger partial charge in [0, 0.05) is 52.0 Å². The van der Waals surface area contributed by atoms with Crippen LogP contribution in [-0.2, 0) is 0 Å². The van der Waals surface area contributed by atoms with Gasteiger partial charge in [-0.3, -0.25) is 9.80 Å². The Morgan fingerprint density at radius 3 is 1.76 bits per heavy atom. The fourth-order valence-corrected chi connectivity index (χ4v) is 3.72. The average molecular weight is 338 g/mol. The summed E-state index contributed by atoms with van der Waals surface area (Å²) in [6.07, 6.45) is 0. The molecular weight excluding hydrogens is 306 g/mol. The van der Waals surface area contributed by atoms with Gasteiger partial charge in [-0.05, 0) is 37.1 Å². The van der Waals surface area contributed by atoms with E-state index in [1.807, 2.05) is 0 Å². The highest BCUT2D eigenvalue weighted by molar-refractivity contribution is 5.47. The molecule has 1 aliphatic heterocycles. The monoisotopic (exact) mass is 337 g/mol. The van der Waals surface area contributed by atoms with Gasteiger partial charge in [-0.25, -0.2) is 0 Å². The molecule has 1 fully saturated rings. The first kappa shape index (κ1) is 18.0. The maximum absolute atomic E-state index is 2.64. The molecule has 2 aromatic carbocycles. The number of piperazine rings is 1. The Balaban J connectivity index is 1.86. The first-order valence-electron chi connectivity index (χ1n) is 9.36. The maximum atomic E-state index is 2.64. The Morgan fingerprint density at radius 1 is 0.720 bits per heavy atom. The fourth-order valence-electron chi connectivity index (χ4n) is 3.72. The molecular formula is C22H31N3. The van der Waals surface area contributed by atoms with Gasteiger partial charge in [0.25, 0.3) is 0 Å². The molecule has 0 N–H and O–H groups in total. The molecule has 3 nitrogen and oxygen atoms in total. The van der Waals surface area contributed by atoms with Crippen LogP contribution in [0.4, 0.5) is 5.69 Å². The Labute approximate surface area is 152 Å². The Bertz CT molecular complexity index is 641. The molecule has 0 spiro atoms. The third-order valence-corrected chi connectivity index (χ3v) is 5.28. The second kappa shape index (κ2) is 8.03. The second-order valence-electron chi connectivity index (χ2n) is 7.46. The van der Waals surface area contributed by atoms with Crippen molar-refractivity contribution in [3.63, 3.8) is 0 Å². The SMILES string of the molecule is CC(C)N1CCN(C(c2ccccc2)c2ccc(N(C)C)cc2)CC1. The molecule has 2 aromatic rings. The molecule has 0 aromatic heterocycles. The predicted octanol–water partition coefficient (Wildman–Crippen LogP) is 3.87. The van der Waals surface area contributed by atoms with Crippen molar-refractivity contribution < 1.29 is 0 Å². The average Bonchev–Trinajstić information content (AvgIpc) is 2.64. The summed E-state index contributed by atoms with van der Waals surface area (Å²) in [6, 6.07) is 21.0. The van der Waals surface area contributed by atoms with E-state index in [0.717, 1.165) is 26.2 Å². The number of hydrogen-bond donors (Lipinski definition) is 0. The first-order chi connectivity index (χ1) is 12.1. The summed E-state index contributed by atoms with van der Waals surface area (Å²) in [5, 5.41) is 0. The number of rotatable bonds is 5. The van der Waals surface area contributed by atoms with E-state index in [9.17, 15) is 0 Å². The summed E-state index contributed by atoms with van der Waals surface area (Å²) in [7, 11) is 4.18. The van der Waals surface area contributed by atoms with Crippen molar-refractivity contribution in [1.82, 2.24) is 9.80 Å². The van der Waals surface area contributed by atoms with Crippen LogP contribution < -0.4 is 4.90 Å². The van der Waals surface area contributed by atoms with Crippen LogP contribution in [-0.4, -0.2) is 56.1 Å². The van der Waals surface area contributed by atoms with Crippen molar-refractivity contribution in [2.45, 2.75) is 25.9 Å². The van der Waals surface area contributed by atoms with Crippen molar-refractivity contribution in [2.75, 3.05) is 45.2 Å². The lowest BCUT2D eigenvalue weighted by Gasteiger charge is -2.41. The maximum Gasteiger partial charge on any atom is 0.0602 e. The molecule has 1 aliphatic rings. The molecule has 25 heavy (non-hydrogen) atoms. The van der Waals surface area contributed by atoms with E-state index in [1.165, 1.54) is 16.8 Å². The molecule has 0 saturated carbocycles. The highest BCUT2D eigenvalue weighted by Crippen LogP contribution is 2.30. The van der Waals surface area contributed by atoms with E-state index in [0.29, 0.717) is 12.1 Å². The molecule has 0 amide bonds. The van der Waals surface area contributed by atoms with E-state index in [1.54, 1.807) is 0 Å². The van der Waals surface area contributed by atoms with Crippen LogP contribution in [0.3, 0.4) is 0 Å². The minimum atomic E-state index is 0.340. The minimum Gasteiger partial charge on any atom is -0.378 e. The summed E-state index contributed by atoms with van der Waals surface area (Å²) >= 11 is 0. The molecule has 3 heteroatoms. The zero-order valence-corrected chi connectivity index (χ0v) is 16.0. The van der Waals surface area contributed by atoms with Crippen molar-refractivity contribution >= 4 is 5.69 Å². The van der Waals surface area contributed by atoms with E-state index in [4.69, 9.17) is 0 Å². The quantitative estimate of drug-likeness (QED) is 0.820. The summed E-state index contributed by atoms with van der Waals surface area (Å²) in [6.45, 7) is 9.13. The van der Waals surface area contributed by atoms with Gasteiger partial charge in [-0.2, -0.15) is 0 Å². The van der Waals surface area contributed by atoms with Crippen LogP contribution in [0.1, 0.15) is 31.0 Å². The van der Waals surface area contributed by atoms with Crippen LogP contribution in [0.25, 0.3) is 0 Å². The molecule has 1 heterocycles. The fraction of sp³-hybridized carbons (Fsp3) is 0.455. The third-order valence-electron chi connectivity index (χ3n) is 5.28. The van der Waals surface area contributed by atoms with Gasteiger partial charge < -0.3 is 4.90 Å². The molecule has 1 saturated heterocycles. The predicted molar refractivity (Wildman–Crippen MR) is 107 cm³/mol. The zero-order chi connectivity index (χ0) is 17.8. The van der Waals surface area contributed by atoms with Gasteiger partial charge in [-0.15, -0.1) is 0 Å². The lowest BCUT2D eigenvalue weighted by Crippen LogP contribution is -2.49. The lowest BCUT2D eigenvalue weighted by atomic mass is 9.96. The van der Waals surface area contributed by atoms with Crippen LogP contribution in [0.5, 0.6) is 0 Å². The van der Waals surface area contributed by atoms with E-state index in [-0.39, 0.29) is 0 Å². The Hall–Kier alpha value is -1.84. The molecule has 1 unspecified atom stereocenters. The van der Waals surface area contributed by atoms with Gasteiger partial charge in [0.05, 0.1) is 6.04 Å². The highest BCUT2D eigenvalue weighted by Gasteiger charge is 2.27. The number of hydrogen-bond acceptors (Lipinski definition) is 3. The lowest BCUT2D eigenvalue weighted by molar-refractivity contribution is 0.0893. The summed E-state index contributed by atoms with van der Waals surface area (Å²) in [5.41, 5.74) is 4.02. The summed E-state index contributed by atoms with van der Waals surface area (Å²) < 4.78 is 0. The third kappa shape index (κ3) is 4.23. The Morgan fingerprint density at radius 2 is 1.24 bits per heavy atom. The van der Waals surface area contributed by atoms with Crippen molar-refractivity contribution in [1.29, 1.82) is 0 Å². The van der Waals surface area contributed by atoms with Gasteiger partial charge >= 0.3 is 0 Å². The van der Waals surface area contributed by atoms with Crippen molar-refractivity contribution in [2.24, 2.45) is 0 Å². The molecule has 0 bridgehead atoms. The first-order valence-corrected chi connectivity index (χ1v) is 9.36. The van der Waals surface area contributed by atoms with Gasteiger partial charge in [-0.1, -0.05) is 42.5 Å². The molecule has 0 aliphatic carbocycles. The zero-order valence-electron chi connectivity index (χ0n) is 16.0. The van der Waals surface area contributed by atoms with Gasteiger partial charge in [0.15, 0.2) is 0 Å². The number of benzene rings is 2. The molecule has 1 atom stereocenters. The van der Waals surface area contributed by atoms with Crippen molar-refractivity contribution in [3.8, 4) is 0 Å². The van der Waals surface area contributed by atoms with Gasteiger partial charge in [0.1, 0.15) is 0 Å². The number of anilines is 1. The van der Waals surface area contributed by atoms with Crippen molar-refractivity contribution in [3.05, 3.63) is 65.7 Å². The van der Waals surface area contributed by atoms with Crippen LogP contribution >= 0.6 is 0 Å². The molecule has 134 valence electrons. The van der Waals surface area contributed by atoms with E-state index >= 15 is 0 Å². The molecule has 3 rings (SSSR count). The summed E-state index contributed by atoms with van der Waals surface area (Å²) in [5.74, 6) is 0. The largest absolute Gasteiger partial charge is 0.378 e. The highest BCUT2D eigenvalue weighted by atomic mass is 15.3. The summed E-state index contributed by atoms with van der Waals surface area (Å²) in [4.78, 5) is 7.37. The number of nitrogens with zero attached hydrogens (tertiary/aromatic N) is 3. The standard InChI is InChI=1S/C22H31N3/c1-18(2)24-14-16-25(17-15-24)22(19-8-6-5-7-9-19)20-10-12-21(13-11-20)23(3)4/h5-13,18,22H,14-17H2,1-4H3. The molecule has 0 radical (unpaired) electrons. The minimum absolute atomic E-state index is 0.340. The van der Waals surface area contributed by atoms with Gasteiger partial charge in [0.2, 0.25) is 0 Å². The van der Waals surface area contributed by atoms with Crippen LogP contribution in [0, 0.1) is 0 Å². The second-order valence-corrected chi connectivity index (χ2v) is 7.46. The van der Waals surface area contributed by atoms with E-state index < -0.39 is 0 Å². The van der Waals surface area contributed by atoms with E-state index in [2.05, 4.69) is 97.2 Å². The smallest absolute Gasteiger partial charge is 0.0602 e. The topological polar surface area (TPSA) is 9.72 Å². The normalized spacial score (nSPS) is 17.6. The van der Waals surface area contributed by atoms with Crippen LogP contribution in [0.2, 0.25) is 0 Å². The van der Waals surface area contributed by atoms with Crippen LogP contribution in [0.15, 0.2) is 54.6 Å².